The minimum atomic E-state index is 0.847. The molecule has 4 heteroatoms. The van der Waals surface area contributed by atoms with E-state index >= 15 is 0 Å². The van der Waals surface area contributed by atoms with Gasteiger partial charge < -0.3 is 10.6 Å². The van der Waals surface area contributed by atoms with Gasteiger partial charge in [0.15, 0.2) is 0 Å². The Kier molecular flexibility index (Phi) is 6.28. The lowest BCUT2D eigenvalue weighted by molar-refractivity contribution is 0.579. The molecule has 0 saturated heterocycles. The summed E-state index contributed by atoms with van der Waals surface area (Å²) < 4.78 is 0. The molecule has 0 unspecified atom stereocenters. The van der Waals surface area contributed by atoms with E-state index in [0.717, 1.165) is 31.9 Å². The van der Waals surface area contributed by atoms with E-state index in [1.807, 2.05) is 36.8 Å². The van der Waals surface area contributed by atoms with Crippen molar-refractivity contribution < 1.29 is 0 Å². The van der Waals surface area contributed by atoms with Crippen LogP contribution in [0.15, 0.2) is 61.1 Å². The molecule has 4 nitrogen and oxygen atoms in total. The average Bonchev–Trinajstić information content (AvgIpc) is 2.64. The van der Waals surface area contributed by atoms with Gasteiger partial charge in [0.1, 0.15) is 0 Å². The van der Waals surface area contributed by atoms with Crippen LogP contribution in [-0.2, 0) is 13.1 Å². The third kappa shape index (κ3) is 5.11. The van der Waals surface area contributed by atoms with E-state index in [0.29, 0.717) is 0 Å². The van der Waals surface area contributed by atoms with Crippen LogP contribution in [0.3, 0.4) is 0 Å². The fraction of sp³-hybridized carbons (Fsp3) is 0.300. The first-order chi connectivity index (χ1) is 11.9. The Labute approximate surface area is 143 Å². The van der Waals surface area contributed by atoms with Crippen LogP contribution < -0.4 is 10.6 Å². The van der Waals surface area contributed by atoms with Crippen LogP contribution >= 0.6 is 0 Å². The molecule has 0 amide bonds. The van der Waals surface area contributed by atoms with Crippen molar-refractivity contribution in [3.63, 3.8) is 0 Å². The average molecular weight is 320 g/mol. The molecular formula is C20H24N4. The van der Waals surface area contributed by atoms with Crippen molar-refractivity contribution in [3.05, 3.63) is 72.3 Å². The van der Waals surface area contributed by atoms with Gasteiger partial charge >= 0.3 is 0 Å². The van der Waals surface area contributed by atoms with Gasteiger partial charge in [0, 0.05) is 37.1 Å². The molecule has 0 spiro atoms. The zero-order valence-electron chi connectivity index (χ0n) is 13.9. The highest BCUT2D eigenvalue weighted by Crippen LogP contribution is 2.14. The molecule has 124 valence electrons. The van der Waals surface area contributed by atoms with Crippen LogP contribution in [0.5, 0.6) is 0 Å². The lowest BCUT2D eigenvalue weighted by Crippen LogP contribution is -2.19. The second kappa shape index (κ2) is 9.11. The number of nitrogens with zero attached hydrogens (tertiary/aromatic N) is 2. The smallest absolute Gasteiger partial charge is 0.0541 e. The number of fused-ring (bicyclic) bond motifs is 1. The number of pyridine rings is 2. The predicted molar refractivity (Wildman–Crippen MR) is 98.6 cm³/mol. The van der Waals surface area contributed by atoms with Gasteiger partial charge in [0.05, 0.1) is 5.69 Å². The first-order valence-corrected chi connectivity index (χ1v) is 8.56. The molecular weight excluding hydrogens is 296 g/mol. The fourth-order valence-corrected chi connectivity index (χ4v) is 2.69. The minimum absolute atomic E-state index is 0.847. The summed E-state index contributed by atoms with van der Waals surface area (Å²) in [4.78, 5) is 8.45. The number of unbranched alkanes of at least 4 members (excludes halogenated alkanes) is 1. The first kappa shape index (κ1) is 16.6. The normalized spacial score (nSPS) is 11.0. The first-order valence-electron chi connectivity index (χ1n) is 8.56. The van der Waals surface area contributed by atoms with Crippen LogP contribution in [0, 0.1) is 0 Å². The number of hydrogen-bond donors (Lipinski definition) is 2. The Morgan fingerprint density at radius 3 is 2.50 bits per heavy atom. The van der Waals surface area contributed by atoms with Gasteiger partial charge in [0.2, 0.25) is 0 Å². The minimum Gasteiger partial charge on any atom is -0.313 e. The Morgan fingerprint density at radius 1 is 0.792 bits per heavy atom. The van der Waals surface area contributed by atoms with Crippen LogP contribution in [0.25, 0.3) is 10.8 Å². The lowest BCUT2D eigenvalue weighted by atomic mass is 10.1. The Hall–Kier alpha value is -2.30. The molecule has 3 rings (SSSR count). The largest absolute Gasteiger partial charge is 0.313 e. The lowest BCUT2D eigenvalue weighted by Gasteiger charge is -2.07. The number of aromatic nitrogens is 2. The van der Waals surface area contributed by atoms with Gasteiger partial charge in [-0.25, -0.2) is 0 Å². The maximum absolute atomic E-state index is 4.30. The quantitative estimate of drug-likeness (QED) is 0.594. The van der Waals surface area contributed by atoms with E-state index in [4.69, 9.17) is 0 Å². The second-order valence-electron chi connectivity index (χ2n) is 5.94. The molecule has 1 aromatic carbocycles. The van der Waals surface area contributed by atoms with E-state index in [9.17, 15) is 0 Å². The summed E-state index contributed by atoms with van der Waals surface area (Å²) in [6.07, 6.45) is 7.93. The van der Waals surface area contributed by atoms with E-state index in [2.05, 4.69) is 44.9 Å². The van der Waals surface area contributed by atoms with Crippen molar-refractivity contribution in [2.75, 3.05) is 13.1 Å². The highest BCUT2D eigenvalue weighted by atomic mass is 14.9. The second-order valence-corrected chi connectivity index (χ2v) is 5.94. The van der Waals surface area contributed by atoms with Crippen molar-refractivity contribution >= 4 is 10.8 Å². The van der Waals surface area contributed by atoms with E-state index < -0.39 is 0 Å². The molecule has 0 saturated carbocycles. The number of hydrogen-bond acceptors (Lipinski definition) is 4. The monoisotopic (exact) mass is 320 g/mol. The third-order valence-electron chi connectivity index (χ3n) is 4.02. The zero-order chi connectivity index (χ0) is 16.5. The maximum atomic E-state index is 4.30. The summed E-state index contributed by atoms with van der Waals surface area (Å²) in [6, 6.07) is 14.6. The van der Waals surface area contributed by atoms with E-state index in [1.165, 1.54) is 29.2 Å². The summed E-state index contributed by atoms with van der Waals surface area (Å²) in [5, 5.41) is 9.40. The number of nitrogens with one attached hydrogen (secondary N) is 2. The van der Waals surface area contributed by atoms with Crippen LogP contribution in [0.1, 0.15) is 24.1 Å². The van der Waals surface area contributed by atoms with E-state index in [-0.39, 0.29) is 0 Å². The Balaban J connectivity index is 1.28. The molecule has 0 aliphatic heterocycles. The molecule has 3 aromatic rings. The predicted octanol–water partition coefficient (Wildman–Crippen LogP) is 3.29. The highest BCUT2D eigenvalue weighted by Gasteiger charge is 1.97. The standard InChI is InChI=1S/C20H24N4/c1-2-11-24-20(5-1)16-22-10-4-3-9-21-14-17-6-7-19-15-23-12-8-18(19)13-17/h1-2,5-8,11-13,15,21-22H,3-4,9-10,14,16H2. The van der Waals surface area contributed by atoms with Crippen molar-refractivity contribution in [1.29, 1.82) is 0 Å². The van der Waals surface area contributed by atoms with Crippen molar-refractivity contribution in [2.24, 2.45) is 0 Å². The third-order valence-corrected chi connectivity index (χ3v) is 4.02. The summed E-state index contributed by atoms with van der Waals surface area (Å²) in [5.41, 5.74) is 2.42. The molecule has 2 N–H and O–H groups in total. The zero-order valence-corrected chi connectivity index (χ0v) is 13.9. The van der Waals surface area contributed by atoms with Crippen LogP contribution in [0.2, 0.25) is 0 Å². The summed E-state index contributed by atoms with van der Waals surface area (Å²) in [7, 11) is 0. The maximum Gasteiger partial charge on any atom is 0.0541 e. The molecule has 2 heterocycles. The highest BCUT2D eigenvalue weighted by molar-refractivity contribution is 5.81. The summed E-state index contributed by atoms with van der Waals surface area (Å²) in [5.74, 6) is 0. The van der Waals surface area contributed by atoms with Crippen molar-refractivity contribution in [2.45, 2.75) is 25.9 Å². The van der Waals surface area contributed by atoms with Gasteiger partial charge in [-0.05, 0) is 61.1 Å². The van der Waals surface area contributed by atoms with Gasteiger partial charge in [0.25, 0.3) is 0 Å². The summed E-state index contributed by atoms with van der Waals surface area (Å²) >= 11 is 0. The molecule has 2 aromatic heterocycles. The van der Waals surface area contributed by atoms with Gasteiger partial charge in [-0.15, -0.1) is 0 Å². The Bertz CT molecular complexity index is 743. The molecule has 0 atom stereocenters. The molecule has 0 radical (unpaired) electrons. The fourth-order valence-electron chi connectivity index (χ4n) is 2.69. The molecule has 24 heavy (non-hydrogen) atoms. The van der Waals surface area contributed by atoms with Gasteiger partial charge in [-0.3, -0.25) is 9.97 Å². The van der Waals surface area contributed by atoms with Gasteiger partial charge in [-0.1, -0.05) is 18.2 Å². The molecule has 0 aliphatic carbocycles. The molecule has 0 bridgehead atoms. The summed E-state index contributed by atoms with van der Waals surface area (Å²) in [6.45, 7) is 3.83. The number of benzene rings is 1. The van der Waals surface area contributed by atoms with Crippen molar-refractivity contribution in [1.82, 2.24) is 20.6 Å². The Morgan fingerprint density at radius 2 is 1.67 bits per heavy atom. The van der Waals surface area contributed by atoms with Crippen LogP contribution in [-0.4, -0.2) is 23.1 Å². The SMILES string of the molecule is c1ccc(CNCCCCNCc2ccc3cnccc3c2)nc1. The molecule has 0 aliphatic rings. The number of rotatable bonds is 9. The topological polar surface area (TPSA) is 49.8 Å². The van der Waals surface area contributed by atoms with Gasteiger partial charge in [-0.2, -0.15) is 0 Å². The van der Waals surface area contributed by atoms with Crippen molar-refractivity contribution in [3.8, 4) is 0 Å². The van der Waals surface area contributed by atoms with E-state index in [1.54, 1.807) is 0 Å². The molecule has 0 fully saturated rings. The van der Waals surface area contributed by atoms with Crippen LogP contribution in [0.4, 0.5) is 0 Å².